The van der Waals surface area contributed by atoms with Crippen molar-refractivity contribution in [1.82, 2.24) is 5.32 Å². The van der Waals surface area contributed by atoms with Crippen molar-refractivity contribution in [2.75, 3.05) is 0 Å². The standard InChI is InChI=1S/C20H20N2O4S/c1-4-13-6-7-14(26-13)10-16-18(23)22-20(27-16)21-17(19(24)25)15-8-5-11(2)9-12(15)3/h5-10,17H,4H2,1-3H3,(H,24,25)(H,21,22,23)/b16-10-. The van der Waals surface area contributed by atoms with Crippen LogP contribution in [0.3, 0.4) is 0 Å². The monoisotopic (exact) mass is 384 g/mol. The minimum absolute atomic E-state index is 0.265. The van der Waals surface area contributed by atoms with Crippen LogP contribution in [0, 0.1) is 13.8 Å². The first-order valence-electron chi connectivity index (χ1n) is 8.54. The number of benzene rings is 1. The first kappa shape index (κ1) is 19.0. The van der Waals surface area contributed by atoms with Gasteiger partial charge in [-0.15, -0.1) is 0 Å². The topological polar surface area (TPSA) is 91.9 Å². The molecule has 1 aromatic carbocycles. The molecule has 6 nitrogen and oxygen atoms in total. The van der Waals surface area contributed by atoms with Gasteiger partial charge in [0.05, 0.1) is 4.91 Å². The maximum absolute atomic E-state index is 12.2. The second kappa shape index (κ2) is 7.84. The van der Waals surface area contributed by atoms with Crippen LogP contribution in [-0.4, -0.2) is 22.2 Å². The number of amides is 1. The summed E-state index contributed by atoms with van der Waals surface area (Å²) in [4.78, 5) is 28.6. The van der Waals surface area contributed by atoms with Gasteiger partial charge in [-0.3, -0.25) is 4.79 Å². The zero-order valence-corrected chi connectivity index (χ0v) is 16.1. The lowest BCUT2D eigenvalue weighted by Gasteiger charge is -2.12. The molecule has 140 valence electrons. The van der Waals surface area contributed by atoms with Crippen molar-refractivity contribution in [2.45, 2.75) is 33.2 Å². The first-order chi connectivity index (χ1) is 12.9. The Morgan fingerprint density at radius 3 is 2.74 bits per heavy atom. The molecule has 1 aliphatic heterocycles. The van der Waals surface area contributed by atoms with Crippen LogP contribution in [0.4, 0.5) is 0 Å². The van der Waals surface area contributed by atoms with Gasteiger partial charge in [-0.05, 0) is 48.9 Å². The molecule has 1 unspecified atom stereocenters. The van der Waals surface area contributed by atoms with Crippen molar-refractivity contribution in [3.8, 4) is 0 Å². The van der Waals surface area contributed by atoms with Gasteiger partial charge < -0.3 is 14.8 Å². The van der Waals surface area contributed by atoms with E-state index in [1.165, 1.54) is 0 Å². The molecule has 0 spiro atoms. The van der Waals surface area contributed by atoms with Crippen molar-refractivity contribution in [3.63, 3.8) is 0 Å². The summed E-state index contributed by atoms with van der Waals surface area (Å²) in [6.07, 6.45) is 2.40. The number of aliphatic carboxylic acids is 1. The molecule has 2 N–H and O–H groups in total. The highest BCUT2D eigenvalue weighted by molar-refractivity contribution is 8.18. The van der Waals surface area contributed by atoms with Gasteiger partial charge in [-0.1, -0.05) is 30.7 Å². The van der Waals surface area contributed by atoms with E-state index in [4.69, 9.17) is 4.42 Å². The second-order valence-corrected chi connectivity index (χ2v) is 7.29. The van der Waals surface area contributed by atoms with Crippen molar-refractivity contribution in [2.24, 2.45) is 4.99 Å². The third-order valence-electron chi connectivity index (χ3n) is 4.16. The summed E-state index contributed by atoms with van der Waals surface area (Å²) in [5, 5.41) is 12.5. The number of hydrogen-bond acceptors (Lipinski definition) is 5. The molecular formula is C20H20N2O4S. The average Bonchev–Trinajstić information content (AvgIpc) is 3.20. The summed E-state index contributed by atoms with van der Waals surface area (Å²) >= 11 is 1.11. The largest absolute Gasteiger partial charge is 0.479 e. The number of thioether (sulfide) groups is 1. The zero-order chi connectivity index (χ0) is 19.6. The highest BCUT2D eigenvalue weighted by Crippen LogP contribution is 2.30. The number of carbonyl (C=O) groups is 2. The normalized spacial score (nSPS) is 18.1. The van der Waals surface area contributed by atoms with Gasteiger partial charge in [-0.25, -0.2) is 9.79 Å². The molecule has 3 rings (SSSR count). The van der Waals surface area contributed by atoms with E-state index in [0.717, 1.165) is 35.1 Å². The van der Waals surface area contributed by atoms with Gasteiger partial charge >= 0.3 is 5.97 Å². The van der Waals surface area contributed by atoms with Crippen LogP contribution in [-0.2, 0) is 16.0 Å². The van der Waals surface area contributed by atoms with E-state index in [1.807, 2.05) is 39.0 Å². The molecule has 1 atom stereocenters. The number of carboxylic acids is 1. The second-order valence-electron chi connectivity index (χ2n) is 6.26. The molecule has 1 aromatic heterocycles. The highest BCUT2D eigenvalue weighted by atomic mass is 32.2. The van der Waals surface area contributed by atoms with Crippen molar-refractivity contribution >= 4 is 34.9 Å². The Bertz CT molecular complexity index is 959. The predicted molar refractivity (Wildman–Crippen MR) is 106 cm³/mol. The minimum atomic E-state index is -1.08. The Morgan fingerprint density at radius 1 is 1.33 bits per heavy atom. The van der Waals surface area contributed by atoms with Crippen LogP contribution < -0.4 is 5.32 Å². The Kier molecular flexibility index (Phi) is 5.51. The van der Waals surface area contributed by atoms with Gasteiger partial charge in [0.1, 0.15) is 11.5 Å². The molecule has 1 saturated heterocycles. The maximum atomic E-state index is 12.2. The predicted octanol–water partition coefficient (Wildman–Crippen LogP) is 3.84. The van der Waals surface area contributed by atoms with E-state index in [0.29, 0.717) is 16.2 Å². The van der Waals surface area contributed by atoms with E-state index < -0.39 is 12.0 Å². The number of nitrogens with zero attached hydrogens (tertiary/aromatic N) is 1. The van der Waals surface area contributed by atoms with Crippen LogP contribution in [0.25, 0.3) is 6.08 Å². The lowest BCUT2D eigenvalue weighted by atomic mass is 10.00. The summed E-state index contributed by atoms with van der Waals surface area (Å²) in [6.45, 7) is 5.78. The molecule has 0 radical (unpaired) electrons. The Hall–Kier alpha value is -2.80. The van der Waals surface area contributed by atoms with Crippen LogP contribution in [0.1, 0.15) is 41.2 Å². The number of nitrogens with one attached hydrogen (secondary N) is 1. The number of carbonyl (C=O) groups excluding carboxylic acids is 1. The number of carboxylic acid groups (broad SMARTS) is 1. The van der Waals surface area contributed by atoms with Crippen molar-refractivity contribution < 1.29 is 19.1 Å². The van der Waals surface area contributed by atoms with Gasteiger partial charge in [0.2, 0.25) is 0 Å². The van der Waals surface area contributed by atoms with Crippen molar-refractivity contribution in [3.05, 3.63) is 63.4 Å². The van der Waals surface area contributed by atoms with Gasteiger partial charge in [0.15, 0.2) is 11.2 Å². The maximum Gasteiger partial charge on any atom is 0.333 e. The van der Waals surface area contributed by atoms with Crippen LogP contribution in [0.5, 0.6) is 0 Å². The number of aryl methyl sites for hydroxylation is 3. The summed E-state index contributed by atoms with van der Waals surface area (Å²) < 4.78 is 5.59. The van der Waals surface area contributed by atoms with E-state index in [-0.39, 0.29) is 11.1 Å². The molecule has 0 aliphatic carbocycles. The number of furan rings is 1. The third-order valence-corrected chi connectivity index (χ3v) is 5.08. The summed E-state index contributed by atoms with van der Waals surface area (Å²) in [6, 6.07) is 8.11. The Labute approximate surface area is 161 Å². The number of rotatable bonds is 5. The fraction of sp³-hybridized carbons (Fsp3) is 0.250. The molecule has 2 heterocycles. The van der Waals surface area contributed by atoms with E-state index in [2.05, 4.69) is 10.3 Å². The van der Waals surface area contributed by atoms with Crippen LogP contribution in [0.2, 0.25) is 0 Å². The number of hydrogen-bond donors (Lipinski definition) is 2. The fourth-order valence-corrected chi connectivity index (χ4v) is 3.62. The first-order valence-corrected chi connectivity index (χ1v) is 9.36. The molecule has 27 heavy (non-hydrogen) atoms. The van der Waals surface area contributed by atoms with Crippen LogP contribution >= 0.6 is 11.8 Å². The van der Waals surface area contributed by atoms with Gasteiger partial charge in [0.25, 0.3) is 5.91 Å². The fourth-order valence-electron chi connectivity index (χ4n) is 2.79. The molecule has 2 aromatic rings. The Morgan fingerprint density at radius 2 is 2.11 bits per heavy atom. The molecule has 1 amide bonds. The minimum Gasteiger partial charge on any atom is -0.479 e. The smallest absolute Gasteiger partial charge is 0.333 e. The van der Waals surface area contributed by atoms with E-state index in [9.17, 15) is 14.7 Å². The number of aliphatic imine (C=N–C) groups is 1. The molecule has 7 heteroatoms. The average molecular weight is 384 g/mol. The molecule has 1 fully saturated rings. The summed E-state index contributed by atoms with van der Waals surface area (Å²) in [5.74, 6) is 0.0214. The molecule has 1 aliphatic rings. The SMILES string of the molecule is CCc1ccc(/C=C2\SC(=NC(C(=O)O)c3ccc(C)cc3C)NC2=O)o1. The molecular weight excluding hydrogens is 364 g/mol. The van der Waals surface area contributed by atoms with E-state index in [1.54, 1.807) is 18.2 Å². The Balaban J connectivity index is 1.87. The highest BCUT2D eigenvalue weighted by Gasteiger charge is 2.28. The zero-order valence-electron chi connectivity index (χ0n) is 15.3. The molecule has 0 saturated carbocycles. The number of amidine groups is 1. The van der Waals surface area contributed by atoms with E-state index >= 15 is 0 Å². The van der Waals surface area contributed by atoms with Crippen molar-refractivity contribution in [1.29, 1.82) is 0 Å². The molecule has 0 bridgehead atoms. The summed E-state index contributed by atoms with van der Waals surface area (Å²) in [5.41, 5.74) is 2.50. The lowest BCUT2D eigenvalue weighted by Crippen LogP contribution is -2.22. The third kappa shape index (κ3) is 4.31. The summed E-state index contributed by atoms with van der Waals surface area (Å²) in [7, 11) is 0. The van der Waals surface area contributed by atoms with Gasteiger partial charge in [0, 0.05) is 12.5 Å². The van der Waals surface area contributed by atoms with Gasteiger partial charge in [-0.2, -0.15) is 0 Å². The lowest BCUT2D eigenvalue weighted by molar-refractivity contribution is -0.138. The quantitative estimate of drug-likeness (QED) is 0.764. The van der Waals surface area contributed by atoms with Crippen LogP contribution in [0.15, 0.2) is 44.6 Å².